The Hall–Kier alpha value is -0.970. The summed E-state index contributed by atoms with van der Waals surface area (Å²) in [5, 5.41) is 13.3. The molecule has 16 heavy (non-hydrogen) atoms. The van der Waals surface area contributed by atoms with E-state index in [0.717, 1.165) is 0 Å². The van der Waals surface area contributed by atoms with Crippen LogP contribution in [0.5, 0.6) is 11.5 Å². The van der Waals surface area contributed by atoms with E-state index in [0.29, 0.717) is 28.6 Å². The van der Waals surface area contributed by atoms with Gasteiger partial charge in [0.05, 0.1) is 20.3 Å². The lowest BCUT2D eigenvalue weighted by atomic mass is 10.1. The fourth-order valence-electron chi connectivity index (χ4n) is 1.51. The number of rotatable bonds is 5. The van der Waals surface area contributed by atoms with Crippen LogP contribution < -0.4 is 14.8 Å². The van der Waals surface area contributed by atoms with Crippen molar-refractivity contribution in [3.05, 3.63) is 22.7 Å². The molecule has 1 rings (SSSR count). The van der Waals surface area contributed by atoms with Gasteiger partial charge >= 0.3 is 0 Å². The Balaban J connectivity index is 3.19. The lowest BCUT2D eigenvalue weighted by Gasteiger charge is -2.17. The molecule has 0 spiro atoms. The molecule has 0 aliphatic carbocycles. The second kappa shape index (κ2) is 5.94. The van der Waals surface area contributed by atoms with Crippen LogP contribution in [0, 0.1) is 0 Å². The summed E-state index contributed by atoms with van der Waals surface area (Å²) in [4.78, 5) is 0. The van der Waals surface area contributed by atoms with E-state index in [2.05, 4.69) is 5.32 Å². The first-order valence-corrected chi connectivity index (χ1v) is 5.26. The number of aliphatic hydroxyl groups excluding tert-OH is 1. The van der Waals surface area contributed by atoms with Crippen molar-refractivity contribution < 1.29 is 14.6 Å². The molecule has 0 radical (unpaired) electrons. The summed E-state index contributed by atoms with van der Waals surface area (Å²) < 4.78 is 10.4. The van der Waals surface area contributed by atoms with Gasteiger partial charge in [-0.1, -0.05) is 11.6 Å². The summed E-state index contributed by atoms with van der Waals surface area (Å²) >= 11 is 5.93. The molecule has 0 aromatic heterocycles. The average Bonchev–Trinajstić information content (AvgIpc) is 2.28. The average molecular weight is 246 g/mol. The maximum absolute atomic E-state index is 9.92. The van der Waals surface area contributed by atoms with Crippen molar-refractivity contribution in [1.82, 2.24) is 5.32 Å². The zero-order valence-corrected chi connectivity index (χ0v) is 10.3. The van der Waals surface area contributed by atoms with E-state index < -0.39 is 6.10 Å². The molecule has 0 aliphatic heterocycles. The second-order valence-electron chi connectivity index (χ2n) is 3.30. The fraction of sp³-hybridized carbons (Fsp3) is 0.455. The summed E-state index contributed by atoms with van der Waals surface area (Å²) in [5.74, 6) is 1.02. The second-order valence-corrected chi connectivity index (χ2v) is 3.74. The van der Waals surface area contributed by atoms with Crippen molar-refractivity contribution in [2.45, 2.75) is 6.10 Å². The first-order valence-electron chi connectivity index (χ1n) is 4.88. The molecule has 0 amide bonds. The molecular formula is C11H16ClNO3. The first-order chi connectivity index (χ1) is 7.63. The van der Waals surface area contributed by atoms with Crippen molar-refractivity contribution in [3.63, 3.8) is 0 Å². The monoisotopic (exact) mass is 245 g/mol. The van der Waals surface area contributed by atoms with Crippen LogP contribution in [0.15, 0.2) is 12.1 Å². The van der Waals surface area contributed by atoms with Crippen LogP contribution in [0.25, 0.3) is 0 Å². The number of likely N-dealkylation sites (N-methyl/N-ethyl adjacent to an activating group) is 1. The lowest BCUT2D eigenvalue weighted by Crippen LogP contribution is -2.17. The van der Waals surface area contributed by atoms with Crippen LogP contribution in [0.3, 0.4) is 0 Å². The van der Waals surface area contributed by atoms with E-state index in [-0.39, 0.29) is 0 Å². The van der Waals surface area contributed by atoms with E-state index in [4.69, 9.17) is 21.1 Å². The highest BCUT2D eigenvalue weighted by molar-refractivity contribution is 6.30. The Morgan fingerprint density at radius 1 is 1.38 bits per heavy atom. The fourth-order valence-corrected chi connectivity index (χ4v) is 1.73. The molecular weight excluding hydrogens is 230 g/mol. The molecule has 1 aromatic rings. The van der Waals surface area contributed by atoms with Gasteiger partial charge in [-0.25, -0.2) is 0 Å². The number of hydrogen-bond donors (Lipinski definition) is 2. The number of hydrogen-bond acceptors (Lipinski definition) is 4. The zero-order chi connectivity index (χ0) is 12.1. The number of halogens is 1. The molecule has 0 bridgehead atoms. The molecule has 5 heteroatoms. The third-order valence-electron chi connectivity index (χ3n) is 2.23. The molecule has 0 aliphatic rings. The van der Waals surface area contributed by atoms with Gasteiger partial charge in [-0.15, -0.1) is 0 Å². The number of benzene rings is 1. The minimum absolute atomic E-state index is 0.417. The maximum Gasteiger partial charge on any atom is 0.166 e. The van der Waals surface area contributed by atoms with E-state index in [1.54, 1.807) is 19.2 Å². The largest absolute Gasteiger partial charge is 0.493 e. The predicted molar refractivity (Wildman–Crippen MR) is 63.4 cm³/mol. The SMILES string of the molecule is CNCC(O)c1cc(Cl)cc(OC)c1OC. The van der Waals surface area contributed by atoms with Crippen molar-refractivity contribution in [3.8, 4) is 11.5 Å². The molecule has 2 N–H and O–H groups in total. The molecule has 0 saturated carbocycles. The van der Waals surface area contributed by atoms with Crippen LogP contribution in [-0.4, -0.2) is 32.9 Å². The first kappa shape index (κ1) is 13.1. The maximum atomic E-state index is 9.92. The van der Waals surface area contributed by atoms with Gasteiger partial charge in [-0.3, -0.25) is 0 Å². The Labute approximate surface area is 100 Å². The summed E-state index contributed by atoms with van der Waals surface area (Å²) in [6.45, 7) is 0.417. The van der Waals surface area contributed by atoms with E-state index in [1.807, 2.05) is 0 Å². The van der Waals surface area contributed by atoms with Gasteiger partial charge in [0.15, 0.2) is 11.5 Å². The highest BCUT2D eigenvalue weighted by Crippen LogP contribution is 2.37. The van der Waals surface area contributed by atoms with Crippen LogP contribution in [0.4, 0.5) is 0 Å². The Morgan fingerprint density at radius 2 is 2.06 bits per heavy atom. The molecule has 0 fully saturated rings. The van der Waals surface area contributed by atoms with Crippen LogP contribution in [0.2, 0.25) is 5.02 Å². The van der Waals surface area contributed by atoms with Gasteiger partial charge in [0.2, 0.25) is 0 Å². The summed E-state index contributed by atoms with van der Waals surface area (Å²) in [7, 11) is 4.82. The third kappa shape index (κ3) is 2.78. The topological polar surface area (TPSA) is 50.7 Å². The van der Waals surface area contributed by atoms with Crippen LogP contribution >= 0.6 is 11.6 Å². The molecule has 1 aromatic carbocycles. The van der Waals surface area contributed by atoms with Crippen molar-refractivity contribution in [2.75, 3.05) is 27.8 Å². The number of ether oxygens (including phenoxy) is 2. The lowest BCUT2D eigenvalue weighted by molar-refractivity contribution is 0.172. The van der Waals surface area contributed by atoms with Gasteiger partial charge in [0.1, 0.15) is 0 Å². The van der Waals surface area contributed by atoms with E-state index in [9.17, 15) is 5.11 Å². The Kier molecular flexibility index (Phi) is 4.86. The Morgan fingerprint density at radius 3 is 2.56 bits per heavy atom. The number of aliphatic hydroxyl groups is 1. The van der Waals surface area contributed by atoms with Crippen molar-refractivity contribution in [1.29, 1.82) is 0 Å². The van der Waals surface area contributed by atoms with E-state index >= 15 is 0 Å². The van der Waals surface area contributed by atoms with Gasteiger partial charge in [0, 0.05) is 23.2 Å². The third-order valence-corrected chi connectivity index (χ3v) is 2.45. The van der Waals surface area contributed by atoms with Crippen molar-refractivity contribution in [2.24, 2.45) is 0 Å². The minimum atomic E-state index is -0.687. The molecule has 0 saturated heterocycles. The normalized spacial score (nSPS) is 12.3. The highest BCUT2D eigenvalue weighted by Gasteiger charge is 2.17. The quantitative estimate of drug-likeness (QED) is 0.828. The van der Waals surface area contributed by atoms with Gasteiger partial charge < -0.3 is 19.9 Å². The van der Waals surface area contributed by atoms with Gasteiger partial charge in [0.25, 0.3) is 0 Å². The standard InChI is InChI=1S/C11H16ClNO3/c1-13-6-9(14)8-4-7(12)5-10(15-2)11(8)16-3/h4-5,9,13-14H,6H2,1-3H3. The molecule has 1 atom stereocenters. The minimum Gasteiger partial charge on any atom is -0.493 e. The zero-order valence-electron chi connectivity index (χ0n) is 9.58. The van der Waals surface area contributed by atoms with Crippen LogP contribution in [-0.2, 0) is 0 Å². The number of nitrogens with one attached hydrogen (secondary N) is 1. The predicted octanol–water partition coefficient (Wildman–Crippen LogP) is 1.61. The van der Waals surface area contributed by atoms with Gasteiger partial charge in [-0.05, 0) is 13.1 Å². The molecule has 0 heterocycles. The smallest absolute Gasteiger partial charge is 0.166 e. The molecule has 4 nitrogen and oxygen atoms in total. The van der Waals surface area contributed by atoms with E-state index in [1.165, 1.54) is 14.2 Å². The summed E-state index contributed by atoms with van der Waals surface area (Å²) in [6.07, 6.45) is -0.687. The Bertz CT molecular complexity index is 357. The van der Waals surface area contributed by atoms with Gasteiger partial charge in [-0.2, -0.15) is 0 Å². The number of methoxy groups -OCH3 is 2. The summed E-state index contributed by atoms with van der Waals surface area (Å²) in [5.41, 5.74) is 0.612. The van der Waals surface area contributed by atoms with Crippen molar-refractivity contribution >= 4 is 11.6 Å². The molecule has 1 unspecified atom stereocenters. The highest BCUT2D eigenvalue weighted by atomic mass is 35.5. The van der Waals surface area contributed by atoms with Crippen LogP contribution in [0.1, 0.15) is 11.7 Å². The summed E-state index contributed by atoms with van der Waals surface area (Å²) in [6, 6.07) is 3.32. The molecule has 90 valence electrons.